The molecule has 6 heteroatoms. The van der Waals surface area contributed by atoms with E-state index < -0.39 is 0 Å². The number of fused-ring (bicyclic) bond motifs is 1. The number of aromatic nitrogens is 2. The van der Waals surface area contributed by atoms with Crippen LogP contribution >= 0.6 is 0 Å². The first kappa shape index (κ1) is 18.9. The van der Waals surface area contributed by atoms with Crippen molar-refractivity contribution in [1.82, 2.24) is 20.2 Å². The maximum atomic E-state index is 12.9. The molecule has 2 aliphatic heterocycles. The van der Waals surface area contributed by atoms with Gasteiger partial charge in [-0.2, -0.15) is 0 Å². The summed E-state index contributed by atoms with van der Waals surface area (Å²) in [6, 6.07) is 5.96. The normalized spacial score (nSPS) is 19.2. The van der Waals surface area contributed by atoms with Crippen LogP contribution in [0.1, 0.15) is 47.0 Å². The van der Waals surface area contributed by atoms with E-state index in [1.165, 1.54) is 6.42 Å². The standard InChI is InChI=1S/C22H28N4O2/c1-15-5-6-20(28-2)17(10-15)11-21(27)26-9-7-19-18(14-26)13-24-22(25-19)16-4-3-8-23-12-16/h5-6,10,13,16,23H,3-4,7-9,11-12,14H2,1-2H3. The number of carbonyl (C=O) groups is 1. The van der Waals surface area contributed by atoms with Crippen molar-refractivity contribution in [3.8, 4) is 5.75 Å². The van der Waals surface area contributed by atoms with Gasteiger partial charge in [-0.15, -0.1) is 0 Å². The Bertz CT molecular complexity index is 862. The first-order valence-electron chi connectivity index (χ1n) is 10.1. The highest BCUT2D eigenvalue weighted by atomic mass is 16.5. The van der Waals surface area contributed by atoms with Crippen molar-refractivity contribution in [2.75, 3.05) is 26.7 Å². The zero-order chi connectivity index (χ0) is 19.5. The molecular weight excluding hydrogens is 352 g/mol. The zero-order valence-corrected chi connectivity index (χ0v) is 16.7. The fourth-order valence-electron chi connectivity index (χ4n) is 4.13. The summed E-state index contributed by atoms with van der Waals surface area (Å²) in [7, 11) is 1.65. The van der Waals surface area contributed by atoms with E-state index in [9.17, 15) is 4.79 Å². The number of piperidine rings is 1. The lowest BCUT2D eigenvalue weighted by atomic mass is 9.98. The van der Waals surface area contributed by atoms with Gasteiger partial charge in [-0.05, 0) is 32.4 Å². The Kier molecular flexibility index (Phi) is 5.57. The van der Waals surface area contributed by atoms with E-state index in [2.05, 4.69) is 10.3 Å². The fraction of sp³-hybridized carbons (Fsp3) is 0.500. The number of carbonyl (C=O) groups excluding carboxylic acids is 1. The van der Waals surface area contributed by atoms with Crippen LogP contribution in [-0.4, -0.2) is 47.5 Å². The lowest BCUT2D eigenvalue weighted by Crippen LogP contribution is -2.38. The highest BCUT2D eigenvalue weighted by Gasteiger charge is 2.25. The predicted octanol–water partition coefficient (Wildman–Crippen LogP) is 2.39. The van der Waals surface area contributed by atoms with Crippen LogP contribution in [0, 0.1) is 6.92 Å². The quantitative estimate of drug-likeness (QED) is 0.882. The minimum absolute atomic E-state index is 0.120. The molecule has 0 spiro atoms. The predicted molar refractivity (Wildman–Crippen MR) is 107 cm³/mol. The summed E-state index contributed by atoms with van der Waals surface area (Å²) in [6.45, 7) is 5.37. The molecule has 0 bridgehead atoms. The average Bonchev–Trinajstić information content (AvgIpc) is 2.74. The number of hydrogen-bond acceptors (Lipinski definition) is 5. The summed E-state index contributed by atoms with van der Waals surface area (Å²) >= 11 is 0. The monoisotopic (exact) mass is 380 g/mol. The van der Waals surface area contributed by atoms with Gasteiger partial charge in [0.1, 0.15) is 11.6 Å². The van der Waals surface area contributed by atoms with E-state index in [0.717, 1.165) is 59.9 Å². The SMILES string of the molecule is COc1ccc(C)cc1CC(=O)N1CCc2nc(C3CCCNC3)ncc2C1. The number of benzene rings is 1. The molecule has 2 aromatic rings. The van der Waals surface area contributed by atoms with Gasteiger partial charge in [0.05, 0.1) is 19.2 Å². The number of hydrogen-bond donors (Lipinski definition) is 1. The zero-order valence-electron chi connectivity index (χ0n) is 16.7. The average molecular weight is 380 g/mol. The summed E-state index contributed by atoms with van der Waals surface area (Å²) in [6.07, 6.45) is 5.40. The topological polar surface area (TPSA) is 67.3 Å². The smallest absolute Gasteiger partial charge is 0.227 e. The molecular formula is C22H28N4O2. The Morgan fingerprint density at radius 1 is 1.39 bits per heavy atom. The van der Waals surface area contributed by atoms with E-state index in [0.29, 0.717) is 25.4 Å². The summed E-state index contributed by atoms with van der Waals surface area (Å²) in [5.74, 6) is 2.25. The van der Waals surface area contributed by atoms with Gasteiger partial charge in [-0.1, -0.05) is 17.7 Å². The molecule has 0 saturated carbocycles. The van der Waals surface area contributed by atoms with Crippen molar-refractivity contribution in [3.63, 3.8) is 0 Å². The van der Waals surface area contributed by atoms with Crippen molar-refractivity contribution < 1.29 is 9.53 Å². The lowest BCUT2D eigenvalue weighted by molar-refractivity contribution is -0.131. The van der Waals surface area contributed by atoms with Crippen molar-refractivity contribution in [2.24, 2.45) is 0 Å². The van der Waals surface area contributed by atoms with E-state index in [1.807, 2.05) is 36.2 Å². The van der Waals surface area contributed by atoms with Crippen LogP contribution < -0.4 is 10.1 Å². The maximum Gasteiger partial charge on any atom is 0.227 e. The molecule has 1 fully saturated rings. The second-order valence-electron chi connectivity index (χ2n) is 7.80. The van der Waals surface area contributed by atoms with Crippen LogP contribution in [0.2, 0.25) is 0 Å². The van der Waals surface area contributed by atoms with Crippen molar-refractivity contribution >= 4 is 5.91 Å². The fourth-order valence-corrected chi connectivity index (χ4v) is 4.13. The number of methoxy groups -OCH3 is 1. The largest absolute Gasteiger partial charge is 0.496 e. The summed E-state index contributed by atoms with van der Waals surface area (Å²) in [4.78, 5) is 24.3. The molecule has 148 valence electrons. The Morgan fingerprint density at radius 2 is 2.29 bits per heavy atom. The Labute approximate surface area is 166 Å². The second-order valence-corrected chi connectivity index (χ2v) is 7.80. The Hall–Kier alpha value is -2.47. The molecule has 0 aliphatic carbocycles. The molecule has 3 heterocycles. The second kappa shape index (κ2) is 8.27. The van der Waals surface area contributed by atoms with Crippen molar-refractivity contribution in [3.05, 3.63) is 52.6 Å². The molecule has 4 rings (SSSR count). The van der Waals surface area contributed by atoms with Gasteiger partial charge < -0.3 is 15.0 Å². The third kappa shape index (κ3) is 4.02. The van der Waals surface area contributed by atoms with E-state index in [-0.39, 0.29) is 5.91 Å². The van der Waals surface area contributed by atoms with Gasteiger partial charge in [-0.3, -0.25) is 4.79 Å². The summed E-state index contributed by atoms with van der Waals surface area (Å²) < 4.78 is 5.42. The van der Waals surface area contributed by atoms with Crippen LogP contribution in [0.15, 0.2) is 24.4 Å². The van der Waals surface area contributed by atoms with Gasteiger partial charge >= 0.3 is 0 Å². The number of amides is 1. The molecule has 6 nitrogen and oxygen atoms in total. The molecule has 1 aromatic carbocycles. The highest BCUT2D eigenvalue weighted by molar-refractivity contribution is 5.80. The van der Waals surface area contributed by atoms with E-state index >= 15 is 0 Å². The van der Waals surface area contributed by atoms with Gasteiger partial charge in [0.15, 0.2) is 0 Å². The molecule has 1 aromatic heterocycles. The lowest BCUT2D eigenvalue weighted by Gasteiger charge is -2.29. The van der Waals surface area contributed by atoms with E-state index in [1.54, 1.807) is 7.11 Å². The van der Waals surface area contributed by atoms with Crippen LogP contribution in [-0.2, 0) is 24.2 Å². The van der Waals surface area contributed by atoms with Crippen LogP contribution in [0.25, 0.3) is 0 Å². The molecule has 1 atom stereocenters. The molecule has 1 amide bonds. The number of ether oxygens (including phenoxy) is 1. The third-order valence-corrected chi connectivity index (χ3v) is 5.74. The Balaban J connectivity index is 1.45. The van der Waals surface area contributed by atoms with E-state index in [4.69, 9.17) is 9.72 Å². The van der Waals surface area contributed by atoms with Gasteiger partial charge in [0, 0.05) is 49.3 Å². The number of aryl methyl sites for hydroxylation is 1. The Morgan fingerprint density at radius 3 is 3.07 bits per heavy atom. The van der Waals surface area contributed by atoms with Crippen molar-refractivity contribution in [1.29, 1.82) is 0 Å². The van der Waals surface area contributed by atoms with Gasteiger partial charge in [0.25, 0.3) is 0 Å². The third-order valence-electron chi connectivity index (χ3n) is 5.74. The highest BCUT2D eigenvalue weighted by Crippen LogP contribution is 2.25. The van der Waals surface area contributed by atoms with Crippen molar-refractivity contribution in [2.45, 2.75) is 45.1 Å². The molecule has 1 saturated heterocycles. The molecule has 28 heavy (non-hydrogen) atoms. The molecule has 1 unspecified atom stereocenters. The molecule has 1 N–H and O–H groups in total. The first-order chi connectivity index (χ1) is 13.6. The number of nitrogens with zero attached hydrogens (tertiary/aromatic N) is 3. The van der Waals surface area contributed by atoms with Gasteiger partial charge in [0.2, 0.25) is 5.91 Å². The van der Waals surface area contributed by atoms with Crippen LogP contribution in [0.3, 0.4) is 0 Å². The minimum Gasteiger partial charge on any atom is -0.496 e. The van der Waals surface area contributed by atoms with Crippen LogP contribution in [0.4, 0.5) is 0 Å². The number of rotatable bonds is 4. The molecule has 0 radical (unpaired) electrons. The minimum atomic E-state index is 0.120. The summed E-state index contributed by atoms with van der Waals surface area (Å²) in [5.41, 5.74) is 4.25. The molecule has 2 aliphatic rings. The first-order valence-corrected chi connectivity index (χ1v) is 10.1. The summed E-state index contributed by atoms with van der Waals surface area (Å²) in [5, 5.41) is 3.43. The maximum absolute atomic E-state index is 12.9. The van der Waals surface area contributed by atoms with Crippen LogP contribution in [0.5, 0.6) is 5.75 Å². The van der Waals surface area contributed by atoms with Gasteiger partial charge in [-0.25, -0.2) is 9.97 Å². The number of nitrogens with one attached hydrogen (secondary N) is 1.